The van der Waals surface area contributed by atoms with Crippen LogP contribution in [0.3, 0.4) is 0 Å². The number of rotatable bonds is 4. The van der Waals surface area contributed by atoms with Crippen molar-refractivity contribution in [1.82, 2.24) is 5.32 Å². The van der Waals surface area contributed by atoms with Gasteiger partial charge in [0.2, 0.25) is 0 Å². The maximum Gasteiger partial charge on any atom is 0.165 e. The van der Waals surface area contributed by atoms with Gasteiger partial charge < -0.3 is 19.5 Å². The minimum atomic E-state index is 0.151. The highest BCUT2D eigenvalue weighted by Gasteiger charge is 2.23. The third kappa shape index (κ3) is 2.91. The molecular formula is C16H23NO3. The normalized spacial score (nSPS) is 26.4. The summed E-state index contributed by atoms with van der Waals surface area (Å²) >= 11 is 0. The number of ether oxygens (including phenoxy) is 3. The molecular weight excluding hydrogens is 254 g/mol. The molecule has 1 aromatic carbocycles. The zero-order chi connectivity index (χ0) is 13.8. The predicted molar refractivity (Wildman–Crippen MR) is 77.4 cm³/mol. The summed E-state index contributed by atoms with van der Waals surface area (Å²) in [4.78, 5) is 0. The lowest BCUT2D eigenvalue weighted by Crippen LogP contribution is -2.27. The Morgan fingerprint density at radius 2 is 2.20 bits per heavy atom. The summed E-state index contributed by atoms with van der Waals surface area (Å²) < 4.78 is 17.1. The van der Waals surface area contributed by atoms with Gasteiger partial charge in [-0.15, -0.1) is 0 Å². The summed E-state index contributed by atoms with van der Waals surface area (Å²) in [5, 5.41) is 3.57. The van der Waals surface area contributed by atoms with E-state index >= 15 is 0 Å². The molecule has 1 N–H and O–H groups in total. The summed E-state index contributed by atoms with van der Waals surface area (Å²) in [7, 11) is 1.72. The van der Waals surface area contributed by atoms with Crippen LogP contribution in [0.2, 0.25) is 0 Å². The molecule has 0 aliphatic carbocycles. The summed E-state index contributed by atoms with van der Waals surface area (Å²) in [6, 6.07) is 6.56. The number of nitrogens with one attached hydrogen (secondary N) is 1. The second-order valence-electron chi connectivity index (χ2n) is 5.48. The van der Waals surface area contributed by atoms with E-state index in [4.69, 9.17) is 14.2 Å². The Morgan fingerprint density at radius 3 is 2.90 bits per heavy atom. The molecule has 0 bridgehead atoms. The van der Waals surface area contributed by atoms with E-state index in [0.717, 1.165) is 37.5 Å². The second-order valence-corrected chi connectivity index (χ2v) is 5.48. The Balaban J connectivity index is 1.82. The fourth-order valence-electron chi connectivity index (χ4n) is 3.02. The average molecular weight is 277 g/mol. The quantitative estimate of drug-likeness (QED) is 0.918. The van der Waals surface area contributed by atoms with E-state index in [0.29, 0.717) is 12.6 Å². The van der Waals surface area contributed by atoms with Gasteiger partial charge in [0.25, 0.3) is 0 Å². The number of piperidine rings is 1. The Morgan fingerprint density at radius 1 is 1.25 bits per heavy atom. The van der Waals surface area contributed by atoms with Crippen molar-refractivity contribution < 1.29 is 14.2 Å². The van der Waals surface area contributed by atoms with Crippen LogP contribution >= 0.6 is 0 Å². The van der Waals surface area contributed by atoms with Gasteiger partial charge in [-0.3, -0.25) is 0 Å². The van der Waals surface area contributed by atoms with Gasteiger partial charge >= 0.3 is 0 Å². The van der Waals surface area contributed by atoms with E-state index < -0.39 is 0 Å². The topological polar surface area (TPSA) is 39.7 Å². The lowest BCUT2D eigenvalue weighted by molar-refractivity contribution is 0.138. The maximum absolute atomic E-state index is 6.05. The minimum Gasteiger partial charge on any atom is -0.493 e. The first kappa shape index (κ1) is 13.7. The smallest absolute Gasteiger partial charge is 0.165 e. The highest BCUT2D eigenvalue weighted by Crippen LogP contribution is 2.38. The molecule has 2 aliphatic heterocycles. The fraction of sp³-hybridized carbons (Fsp3) is 0.625. The van der Waals surface area contributed by atoms with Crippen molar-refractivity contribution in [1.29, 1.82) is 0 Å². The van der Waals surface area contributed by atoms with Crippen LogP contribution in [0.15, 0.2) is 18.2 Å². The molecule has 2 saturated heterocycles. The van der Waals surface area contributed by atoms with Crippen LogP contribution in [0.25, 0.3) is 0 Å². The molecule has 0 aromatic heterocycles. The van der Waals surface area contributed by atoms with Crippen molar-refractivity contribution in [2.45, 2.75) is 37.8 Å². The maximum atomic E-state index is 6.05. The highest BCUT2D eigenvalue weighted by molar-refractivity contribution is 5.48. The Bertz CT molecular complexity index is 437. The summed E-state index contributed by atoms with van der Waals surface area (Å²) in [5.41, 5.74) is 1.21. The lowest BCUT2D eigenvalue weighted by Gasteiger charge is -2.26. The molecule has 1 aromatic rings. The van der Waals surface area contributed by atoms with Crippen molar-refractivity contribution in [2.75, 3.05) is 26.9 Å². The van der Waals surface area contributed by atoms with E-state index in [-0.39, 0.29) is 6.10 Å². The van der Waals surface area contributed by atoms with E-state index in [9.17, 15) is 0 Å². The van der Waals surface area contributed by atoms with Gasteiger partial charge in [-0.05, 0) is 25.5 Å². The van der Waals surface area contributed by atoms with E-state index in [1.165, 1.54) is 18.4 Å². The molecule has 0 radical (unpaired) electrons. The first-order chi connectivity index (χ1) is 9.88. The van der Waals surface area contributed by atoms with E-state index in [1.807, 2.05) is 6.07 Å². The third-order valence-corrected chi connectivity index (χ3v) is 4.08. The molecule has 110 valence electrons. The van der Waals surface area contributed by atoms with Gasteiger partial charge in [0, 0.05) is 18.0 Å². The Labute approximate surface area is 120 Å². The molecule has 4 heteroatoms. The minimum absolute atomic E-state index is 0.151. The van der Waals surface area contributed by atoms with Crippen LogP contribution in [-0.2, 0) is 4.74 Å². The molecule has 3 rings (SSSR count). The SMILES string of the molecule is COc1c(OC2CCOC2)cccc1C1CCCCN1. The van der Waals surface area contributed by atoms with Gasteiger partial charge in [-0.2, -0.15) is 0 Å². The summed E-state index contributed by atoms with van der Waals surface area (Å²) in [5.74, 6) is 1.71. The van der Waals surface area contributed by atoms with Crippen molar-refractivity contribution in [3.8, 4) is 11.5 Å². The first-order valence-electron chi connectivity index (χ1n) is 7.53. The van der Waals surface area contributed by atoms with Crippen LogP contribution in [0.4, 0.5) is 0 Å². The van der Waals surface area contributed by atoms with Gasteiger partial charge in [-0.1, -0.05) is 18.6 Å². The largest absolute Gasteiger partial charge is 0.493 e. The number of methoxy groups -OCH3 is 1. The first-order valence-corrected chi connectivity index (χ1v) is 7.53. The summed E-state index contributed by atoms with van der Waals surface area (Å²) in [6.07, 6.45) is 4.79. The molecule has 0 amide bonds. The molecule has 20 heavy (non-hydrogen) atoms. The Hall–Kier alpha value is -1.26. The molecule has 2 atom stereocenters. The molecule has 2 fully saturated rings. The van der Waals surface area contributed by atoms with Crippen LogP contribution in [0, 0.1) is 0 Å². The van der Waals surface area contributed by atoms with Gasteiger partial charge in [-0.25, -0.2) is 0 Å². The second kappa shape index (κ2) is 6.46. The monoisotopic (exact) mass is 277 g/mol. The zero-order valence-corrected chi connectivity index (χ0v) is 12.1. The van der Waals surface area contributed by atoms with Crippen LogP contribution in [-0.4, -0.2) is 33.0 Å². The van der Waals surface area contributed by atoms with E-state index in [2.05, 4.69) is 17.4 Å². The third-order valence-electron chi connectivity index (χ3n) is 4.08. The standard InChI is InChI=1S/C16H23NO3/c1-18-16-13(14-6-2-3-9-17-14)5-4-7-15(16)20-12-8-10-19-11-12/h4-5,7,12,14,17H,2-3,6,8-11H2,1H3. The molecule has 4 nitrogen and oxygen atoms in total. The summed E-state index contributed by atoms with van der Waals surface area (Å²) in [6.45, 7) is 2.54. The average Bonchev–Trinajstić information content (AvgIpc) is 3.01. The highest BCUT2D eigenvalue weighted by atomic mass is 16.6. The van der Waals surface area contributed by atoms with Crippen molar-refractivity contribution >= 4 is 0 Å². The molecule has 0 saturated carbocycles. The Kier molecular flexibility index (Phi) is 4.43. The van der Waals surface area contributed by atoms with Crippen molar-refractivity contribution in [3.63, 3.8) is 0 Å². The fourth-order valence-corrected chi connectivity index (χ4v) is 3.02. The molecule has 2 heterocycles. The van der Waals surface area contributed by atoms with Crippen molar-refractivity contribution in [3.05, 3.63) is 23.8 Å². The number of benzene rings is 1. The number of hydrogen-bond acceptors (Lipinski definition) is 4. The van der Waals surface area contributed by atoms with Crippen LogP contribution in [0.1, 0.15) is 37.3 Å². The van der Waals surface area contributed by atoms with Crippen LogP contribution < -0.4 is 14.8 Å². The molecule has 0 spiro atoms. The van der Waals surface area contributed by atoms with Crippen molar-refractivity contribution in [2.24, 2.45) is 0 Å². The molecule has 2 aliphatic rings. The van der Waals surface area contributed by atoms with Gasteiger partial charge in [0.05, 0.1) is 20.3 Å². The molecule has 2 unspecified atom stereocenters. The number of hydrogen-bond donors (Lipinski definition) is 1. The van der Waals surface area contributed by atoms with Crippen LogP contribution in [0.5, 0.6) is 11.5 Å². The van der Waals surface area contributed by atoms with Gasteiger partial charge in [0.15, 0.2) is 11.5 Å². The number of para-hydroxylation sites is 1. The van der Waals surface area contributed by atoms with Gasteiger partial charge in [0.1, 0.15) is 6.10 Å². The van der Waals surface area contributed by atoms with E-state index in [1.54, 1.807) is 7.11 Å². The predicted octanol–water partition coefficient (Wildman–Crippen LogP) is 2.68. The zero-order valence-electron chi connectivity index (χ0n) is 12.1. The lowest BCUT2D eigenvalue weighted by atomic mass is 9.96.